The molecule has 3 heterocycles. The summed E-state index contributed by atoms with van der Waals surface area (Å²) in [5.41, 5.74) is 1.71. The molecule has 7 heteroatoms. The molecule has 0 bridgehead atoms. The van der Waals surface area contributed by atoms with Gasteiger partial charge in [-0.25, -0.2) is 4.98 Å². The fourth-order valence-electron chi connectivity index (χ4n) is 2.68. The molecule has 0 spiro atoms. The Bertz CT molecular complexity index is 930. The van der Waals surface area contributed by atoms with Gasteiger partial charge in [0.15, 0.2) is 23.9 Å². The average molecular weight is 401 g/mol. The number of hydrogen-bond acceptors (Lipinski definition) is 4. The average Bonchev–Trinajstić information content (AvgIpc) is 3.36. The number of pyridine rings is 1. The Morgan fingerprint density at radius 3 is 2.85 bits per heavy atom. The van der Waals surface area contributed by atoms with Crippen LogP contribution < -0.4 is 31.8 Å². The standard InChI is InChI=1S/C20H16N2O3S.ClH/c23-20(8-6-15-5-7-18-19(11-15)25-14-24-18)22(13-17-4-2-10-26-17)16-3-1-9-21-12-16;/h1-12H,13-14H2;1H/b8-6+;. The van der Waals surface area contributed by atoms with Crippen LogP contribution in [0.25, 0.3) is 6.08 Å². The van der Waals surface area contributed by atoms with E-state index in [9.17, 15) is 4.79 Å². The predicted molar refractivity (Wildman–Crippen MR) is 100 cm³/mol. The first-order valence-electron chi connectivity index (χ1n) is 8.17. The first-order chi connectivity index (χ1) is 12.8. The van der Waals surface area contributed by atoms with Gasteiger partial charge in [0, 0.05) is 17.0 Å². The summed E-state index contributed by atoms with van der Waals surface area (Å²) in [5.74, 6) is 1.34. The van der Waals surface area contributed by atoms with Gasteiger partial charge in [-0.3, -0.25) is 9.69 Å². The van der Waals surface area contributed by atoms with Gasteiger partial charge < -0.3 is 21.9 Å². The van der Waals surface area contributed by atoms with E-state index in [0.717, 1.165) is 21.9 Å². The summed E-state index contributed by atoms with van der Waals surface area (Å²) >= 11 is 1.63. The zero-order chi connectivity index (χ0) is 17.8. The monoisotopic (exact) mass is 400 g/mol. The molecule has 5 nitrogen and oxygen atoms in total. The van der Waals surface area contributed by atoms with Crippen LogP contribution in [-0.2, 0) is 11.3 Å². The highest BCUT2D eigenvalue weighted by Crippen LogP contribution is 2.32. The number of carbonyl (C=O) groups excluding carboxylic acids is 1. The third kappa shape index (κ3) is 4.48. The smallest absolute Gasteiger partial charge is 0.251 e. The van der Waals surface area contributed by atoms with E-state index in [2.05, 4.69) is 4.98 Å². The number of halogens is 1. The van der Waals surface area contributed by atoms with Gasteiger partial charge in [-0.15, -0.1) is 11.3 Å². The lowest BCUT2D eigenvalue weighted by Gasteiger charge is -2.18. The number of nitrogens with one attached hydrogen (secondary N) is 1. The molecular weight excluding hydrogens is 384 g/mol. The van der Waals surface area contributed by atoms with E-state index in [1.165, 1.54) is 0 Å². The van der Waals surface area contributed by atoms with Crippen LogP contribution in [0.4, 0.5) is 5.69 Å². The van der Waals surface area contributed by atoms with Crippen molar-refractivity contribution in [2.75, 3.05) is 11.7 Å². The fraction of sp³-hybridized carbons (Fsp3) is 0.100. The minimum Gasteiger partial charge on any atom is -1.00 e. The van der Waals surface area contributed by atoms with Gasteiger partial charge in [-0.05, 0) is 41.3 Å². The fourth-order valence-corrected chi connectivity index (χ4v) is 3.37. The molecular formula is C20H17ClN2O3S. The van der Waals surface area contributed by atoms with E-state index in [-0.39, 0.29) is 25.1 Å². The number of thiophene rings is 1. The molecule has 1 aliphatic heterocycles. The molecule has 0 saturated carbocycles. The molecule has 0 radical (unpaired) electrons. The lowest BCUT2D eigenvalue weighted by atomic mass is 10.2. The predicted octanol–water partition coefficient (Wildman–Crippen LogP) is 0.542. The van der Waals surface area contributed by atoms with Crippen molar-refractivity contribution in [3.63, 3.8) is 0 Å². The molecule has 138 valence electrons. The van der Waals surface area contributed by atoms with Gasteiger partial charge in [0.05, 0.1) is 6.54 Å². The first kappa shape index (κ1) is 18.9. The van der Waals surface area contributed by atoms with Gasteiger partial charge in [-0.2, -0.15) is 0 Å². The second-order valence-electron chi connectivity index (χ2n) is 5.71. The molecule has 0 aliphatic carbocycles. The van der Waals surface area contributed by atoms with Gasteiger partial charge >= 0.3 is 0 Å². The van der Waals surface area contributed by atoms with E-state index >= 15 is 0 Å². The van der Waals surface area contributed by atoms with Crippen molar-refractivity contribution in [2.45, 2.75) is 6.54 Å². The van der Waals surface area contributed by atoms with Crippen molar-refractivity contribution in [1.29, 1.82) is 0 Å². The highest BCUT2D eigenvalue weighted by molar-refractivity contribution is 7.09. The third-order valence-electron chi connectivity index (χ3n) is 3.98. The largest absolute Gasteiger partial charge is 1.00 e. The normalized spacial score (nSPS) is 12.0. The van der Waals surface area contributed by atoms with Gasteiger partial charge in [0.1, 0.15) is 5.69 Å². The molecule has 4 rings (SSSR count). The quantitative estimate of drug-likeness (QED) is 0.587. The maximum atomic E-state index is 12.9. The first-order valence-corrected chi connectivity index (χ1v) is 9.05. The molecule has 3 aromatic rings. The summed E-state index contributed by atoms with van der Waals surface area (Å²) < 4.78 is 10.7. The Hall–Kier alpha value is -2.83. The number of aromatic nitrogens is 1. The highest BCUT2D eigenvalue weighted by atomic mass is 35.5. The third-order valence-corrected chi connectivity index (χ3v) is 4.84. The van der Waals surface area contributed by atoms with E-state index in [1.807, 2.05) is 60.2 Å². The molecule has 0 saturated heterocycles. The maximum Gasteiger partial charge on any atom is 0.251 e. The number of anilines is 1. The van der Waals surface area contributed by atoms with E-state index in [0.29, 0.717) is 12.3 Å². The molecule has 1 aliphatic rings. The molecule has 0 fully saturated rings. The summed E-state index contributed by atoms with van der Waals surface area (Å²) in [5, 5.41) is 2.01. The molecule has 1 N–H and O–H groups in total. The number of benzene rings is 1. The van der Waals surface area contributed by atoms with Crippen molar-refractivity contribution >= 4 is 29.0 Å². The molecule has 1 aromatic carbocycles. The van der Waals surface area contributed by atoms with Crippen LogP contribution in [0.2, 0.25) is 0 Å². The number of ether oxygens (including phenoxy) is 2. The summed E-state index contributed by atoms with van der Waals surface area (Å²) in [7, 11) is 0. The number of aromatic amines is 1. The summed E-state index contributed by atoms with van der Waals surface area (Å²) in [6, 6.07) is 13.4. The van der Waals surface area contributed by atoms with Crippen molar-refractivity contribution < 1.29 is 31.7 Å². The van der Waals surface area contributed by atoms with E-state index < -0.39 is 0 Å². The number of H-pyrrole nitrogens is 1. The molecule has 27 heavy (non-hydrogen) atoms. The highest BCUT2D eigenvalue weighted by Gasteiger charge is 2.17. The molecule has 0 unspecified atom stereocenters. The summed E-state index contributed by atoms with van der Waals surface area (Å²) in [4.78, 5) is 18.7. The van der Waals surface area contributed by atoms with Crippen molar-refractivity contribution in [3.05, 3.63) is 76.8 Å². The minimum atomic E-state index is -0.0873. The van der Waals surface area contributed by atoms with Crippen LogP contribution >= 0.6 is 11.3 Å². The van der Waals surface area contributed by atoms with Crippen LogP contribution in [0.5, 0.6) is 11.5 Å². The second kappa shape index (κ2) is 8.70. The van der Waals surface area contributed by atoms with Crippen LogP contribution in [0, 0.1) is 0 Å². The summed E-state index contributed by atoms with van der Waals surface area (Å²) in [6.45, 7) is 0.764. The Morgan fingerprint density at radius 2 is 2.07 bits per heavy atom. The minimum absolute atomic E-state index is 0. The number of hydrogen-bond donors (Lipinski definition) is 0. The number of nitrogens with zero attached hydrogens (tertiary/aromatic N) is 1. The topological polar surface area (TPSA) is 52.9 Å². The van der Waals surface area contributed by atoms with Crippen LogP contribution in [0.15, 0.2) is 66.3 Å². The van der Waals surface area contributed by atoms with Crippen molar-refractivity contribution in [1.82, 2.24) is 0 Å². The van der Waals surface area contributed by atoms with Crippen molar-refractivity contribution in [2.24, 2.45) is 0 Å². The van der Waals surface area contributed by atoms with E-state index in [4.69, 9.17) is 9.47 Å². The number of fused-ring (bicyclic) bond motifs is 1. The maximum absolute atomic E-state index is 12.9. The molecule has 0 atom stereocenters. The number of amides is 1. The molecule has 2 aromatic heterocycles. The second-order valence-corrected chi connectivity index (χ2v) is 6.74. The Kier molecular flexibility index (Phi) is 6.11. The van der Waals surface area contributed by atoms with Crippen LogP contribution in [-0.4, -0.2) is 12.7 Å². The van der Waals surface area contributed by atoms with Gasteiger partial charge in [-0.1, -0.05) is 12.1 Å². The van der Waals surface area contributed by atoms with Crippen LogP contribution in [0.3, 0.4) is 0 Å². The van der Waals surface area contributed by atoms with Crippen molar-refractivity contribution in [3.8, 4) is 11.5 Å². The lowest BCUT2D eigenvalue weighted by Crippen LogP contribution is -3.00. The van der Waals surface area contributed by atoms with Gasteiger partial charge in [0.25, 0.3) is 5.91 Å². The zero-order valence-corrected chi connectivity index (χ0v) is 15.9. The zero-order valence-electron chi connectivity index (χ0n) is 14.3. The lowest BCUT2D eigenvalue weighted by molar-refractivity contribution is -0.377. The number of rotatable bonds is 5. The number of carbonyl (C=O) groups is 1. The van der Waals surface area contributed by atoms with Gasteiger partial charge in [0.2, 0.25) is 6.79 Å². The summed E-state index contributed by atoms with van der Waals surface area (Å²) in [6.07, 6.45) is 7.01. The molecule has 1 amide bonds. The van der Waals surface area contributed by atoms with Crippen LogP contribution in [0.1, 0.15) is 10.4 Å². The SMILES string of the molecule is O=C(/C=C/c1ccc2c(c1)OCO2)N(Cc1cccs1)c1ccc[nH+]c1.[Cl-]. The Labute approximate surface area is 167 Å². The van der Waals surface area contributed by atoms with E-state index in [1.54, 1.807) is 28.4 Å². The Morgan fingerprint density at radius 1 is 1.19 bits per heavy atom. The Balaban J connectivity index is 0.00000210.